The first-order valence-electron chi connectivity index (χ1n) is 8.42. The van der Waals surface area contributed by atoms with Crippen molar-refractivity contribution in [2.75, 3.05) is 0 Å². The third-order valence-corrected chi connectivity index (χ3v) is 3.98. The summed E-state index contributed by atoms with van der Waals surface area (Å²) in [5.74, 6) is 2.00. The van der Waals surface area contributed by atoms with E-state index in [1.165, 1.54) is 0 Å². The predicted molar refractivity (Wildman–Crippen MR) is 99.2 cm³/mol. The summed E-state index contributed by atoms with van der Waals surface area (Å²) in [4.78, 5) is 4.86. The Kier molecular flexibility index (Phi) is 4.26. The Balaban J connectivity index is 2.55. The van der Waals surface area contributed by atoms with Gasteiger partial charge in [0.2, 0.25) is 0 Å². The molecule has 0 atom stereocenters. The fourth-order valence-electron chi connectivity index (χ4n) is 2.33. The number of rotatable bonds is 0. The molecule has 2 nitrogen and oxygen atoms in total. The molecule has 23 heavy (non-hydrogen) atoms. The van der Waals surface area contributed by atoms with Crippen molar-refractivity contribution in [2.45, 2.75) is 62.3 Å². The van der Waals surface area contributed by atoms with E-state index in [9.17, 15) is 0 Å². The molecule has 0 aliphatic carbocycles. The van der Waals surface area contributed by atoms with Crippen LogP contribution in [0.15, 0.2) is 52.1 Å². The van der Waals surface area contributed by atoms with Crippen LogP contribution in [0.3, 0.4) is 0 Å². The van der Waals surface area contributed by atoms with Gasteiger partial charge >= 0.3 is 0 Å². The Hall–Kier alpha value is -1.57. The van der Waals surface area contributed by atoms with Crippen LogP contribution in [0, 0.1) is 16.2 Å². The van der Waals surface area contributed by atoms with Crippen molar-refractivity contribution in [3.05, 3.63) is 47.1 Å². The van der Waals surface area contributed by atoms with Gasteiger partial charge < -0.3 is 4.74 Å². The van der Waals surface area contributed by atoms with E-state index < -0.39 is 0 Å². The van der Waals surface area contributed by atoms with E-state index in [4.69, 9.17) is 9.73 Å². The Morgan fingerprint density at radius 1 is 0.696 bits per heavy atom. The van der Waals surface area contributed by atoms with Crippen LogP contribution in [0.4, 0.5) is 0 Å². The van der Waals surface area contributed by atoms with Crippen molar-refractivity contribution in [3.8, 4) is 0 Å². The van der Waals surface area contributed by atoms with Gasteiger partial charge in [0.05, 0.1) is 5.70 Å². The van der Waals surface area contributed by atoms with Crippen molar-refractivity contribution < 1.29 is 4.74 Å². The molecular formula is C21H31NO. The summed E-state index contributed by atoms with van der Waals surface area (Å²) in [6, 6.07) is 0. The van der Waals surface area contributed by atoms with Crippen LogP contribution >= 0.6 is 0 Å². The highest BCUT2D eigenvalue weighted by Gasteiger charge is 2.30. The minimum absolute atomic E-state index is 0.0323. The second kappa shape index (κ2) is 5.51. The Morgan fingerprint density at radius 3 is 1.52 bits per heavy atom. The van der Waals surface area contributed by atoms with Crippen LogP contribution in [0.25, 0.3) is 0 Å². The molecule has 0 fully saturated rings. The minimum atomic E-state index is -0.0323. The summed E-state index contributed by atoms with van der Waals surface area (Å²) in [6.07, 6.45) is 8.54. The molecule has 126 valence electrons. The predicted octanol–water partition coefficient (Wildman–Crippen LogP) is 6.19. The van der Waals surface area contributed by atoms with Gasteiger partial charge in [-0.25, -0.2) is 0 Å². The Labute approximate surface area is 141 Å². The van der Waals surface area contributed by atoms with E-state index in [2.05, 4.69) is 86.6 Å². The molecular weight excluding hydrogens is 282 g/mol. The topological polar surface area (TPSA) is 21.6 Å². The van der Waals surface area contributed by atoms with Crippen molar-refractivity contribution in [2.24, 2.45) is 21.2 Å². The first kappa shape index (κ1) is 17.8. The third-order valence-electron chi connectivity index (χ3n) is 3.98. The molecule has 0 spiro atoms. The fraction of sp³-hybridized carbons (Fsp3) is 0.571. The average Bonchev–Trinajstić information content (AvgIpc) is 2.85. The van der Waals surface area contributed by atoms with Gasteiger partial charge in [-0.2, -0.15) is 0 Å². The maximum atomic E-state index is 6.21. The zero-order valence-corrected chi connectivity index (χ0v) is 16.2. The summed E-state index contributed by atoms with van der Waals surface area (Å²) in [5.41, 5.74) is 3.30. The largest absolute Gasteiger partial charge is 0.465 e. The van der Waals surface area contributed by atoms with Crippen molar-refractivity contribution in [3.63, 3.8) is 0 Å². The van der Waals surface area contributed by atoms with Crippen LogP contribution in [0.2, 0.25) is 0 Å². The zero-order chi connectivity index (χ0) is 17.6. The minimum Gasteiger partial charge on any atom is -0.465 e. The molecule has 0 saturated carbocycles. The maximum absolute atomic E-state index is 6.21. The summed E-state index contributed by atoms with van der Waals surface area (Å²) in [7, 11) is 0. The van der Waals surface area contributed by atoms with Crippen LogP contribution in [0.5, 0.6) is 0 Å². The van der Waals surface area contributed by atoms with Gasteiger partial charge in [-0.1, -0.05) is 62.3 Å². The molecule has 2 aliphatic rings. The SMILES string of the molecule is CC(C)(C)C1=CC(=C2C=CC(C(C)(C)C)=N2)C=C(C(C)(C)C)O1. The molecule has 2 aliphatic heterocycles. The van der Waals surface area contributed by atoms with Gasteiger partial charge in [-0.3, -0.25) is 4.99 Å². The molecule has 2 rings (SSSR count). The summed E-state index contributed by atoms with van der Waals surface area (Å²) in [5, 5.41) is 0. The van der Waals surface area contributed by atoms with Crippen molar-refractivity contribution in [1.82, 2.24) is 0 Å². The molecule has 0 aromatic carbocycles. The highest BCUT2D eigenvalue weighted by atomic mass is 16.5. The molecule has 0 amide bonds. The van der Waals surface area contributed by atoms with Crippen LogP contribution in [-0.2, 0) is 4.74 Å². The lowest BCUT2D eigenvalue weighted by Crippen LogP contribution is -2.21. The summed E-state index contributed by atoms with van der Waals surface area (Å²) in [6.45, 7) is 19.7. The number of ether oxygens (including phenoxy) is 1. The van der Waals surface area contributed by atoms with E-state index >= 15 is 0 Å². The van der Waals surface area contributed by atoms with Gasteiger partial charge in [0.1, 0.15) is 11.5 Å². The number of hydrogen-bond donors (Lipinski definition) is 0. The number of nitrogens with zero attached hydrogens (tertiary/aromatic N) is 1. The van der Waals surface area contributed by atoms with E-state index in [0.29, 0.717) is 0 Å². The Morgan fingerprint density at radius 2 is 1.17 bits per heavy atom. The van der Waals surface area contributed by atoms with E-state index in [-0.39, 0.29) is 16.2 Å². The van der Waals surface area contributed by atoms with Crippen LogP contribution in [-0.4, -0.2) is 5.71 Å². The number of hydrogen-bond acceptors (Lipinski definition) is 2. The first-order chi connectivity index (χ1) is 10.3. The second-order valence-corrected chi connectivity index (χ2v) is 9.54. The fourth-order valence-corrected chi connectivity index (χ4v) is 2.33. The molecule has 0 bridgehead atoms. The molecule has 0 unspecified atom stereocenters. The molecule has 0 aromatic rings. The lowest BCUT2D eigenvalue weighted by molar-refractivity contribution is 0.161. The maximum Gasteiger partial charge on any atom is 0.110 e. The molecule has 0 N–H and O–H groups in total. The van der Waals surface area contributed by atoms with Crippen LogP contribution in [0.1, 0.15) is 62.3 Å². The van der Waals surface area contributed by atoms with Gasteiger partial charge in [-0.05, 0) is 24.3 Å². The van der Waals surface area contributed by atoms with Gasteiger partial charge in [0.25, 0.3) is 0 Å². The van der Waals surface area contributed by atoms with E-state index in [1.807, 2.05) is 0 Å². The molecule has 0 radical (unpaired) electrons. The molecule has 0 saturated heterocycles. The standard InChI is InChI=1S/C21H31NO/c1-19(2,3)16-11-10-15(22-16)14-12-17(20(4,5)6)23-18(13-14)21(7,8)9/h10-13H,1-9H3. The molecule has 2 heteroatoms. The second-order valence-electron chi connectivity index (χ2n) is 9.54. The normalized spacial score (nSPS) is 19.4. The van der Waals surface area contributed by atoms with Gasteiger partial charge in [0.15, 0.2) is 0 Å². The first-order valence-corrected chi connectivity index (χ1v) is 8.42. The average molecular weight is 313 g/mol. The lowest BCUT2D eigenvalue weighted by Gasteiger charge is -2.32. The van der Waals surface area contributed by atoms with Crippen LogP contribution < -0.4 is 0 Å². The quantitative estimate of drug-likeness (QED) is 0.522. The van der Waals surface area contributed by atoms with Gasteiger partial charge in [0, 0.05) is 27.5 Å². The van der Waals surface area contributed by atoms with Crippen molar-refractivity contribution >= 4 is 5.71 Å². The Bertz CT molecular complexity index is 615. The number of aliphatic imine (C=N–C) groups is 1. The van der Waals surface area contributed by atoms with E-state index in [0.717, 1.165) is 28.5 Å². The number of allylic oxidation sites excluding steroid dienone is 7. The van der Waals surface area contributed by atoms with Crippen molar-refractivity contribution in [1.29, 1.82) is 0 Å². The lowest BCUT2D eigenvalue weighted by atomic mass is 9.87. The zero-order valence-electron chi connectivity index (χ0n) is 16.2. The summed E-state index contributed by atoms with van der Waals surface area (Å²) < 4.78 is 6.21. The van der Waals surface area contributed by atoms with Gasteiger partial charge in [-0.15, -0.1) is 0 Å². The highest BCUT2D eigenvalue weighted by molar-refractivity contribution is 6.02. The summed E-state index contributed by atoms with van der Waals surface area (Å²) >= 11 is 0. The molecule has 2 heterocycles. The molecule has 0 aromatic heterocycles. The monoisotopic (exact) mass is 313 g/mol. The smallest absolute Gasteiger partial charge is 0.110 e. The van der Waals surface area contributed by atoms with E-state index in [1.54, 1.807) is 0 Å². The highest BCUT2D eigenvalue weighted by Crippen LogP contribution is 2.40. The third kappa shape index (κ3) is 4.04.